The monoisotopic (exact) mass is 351 g/mol. The lowest BCUT2D eigenvalue weighted by atomic mass is 9.67. The first-order chi connectivity index (χ1) is 11.0. The van der Waals surface area contributed by atoms with Gasteiger partial charge in [0.25, 0.3) is 0 Å². The quantitative estimate of drug-likeness (QED) is 0.783. The molecule has 1 aliphatic heterocycles. The Kier molecular flexibility index (Phi) is 5.88. The molecule has 0 bridgehead atoms. The Morgan fingerprint density at radius 1 is 1.25 bits per heavy atom. The second kappa shape index (κ2) is 7.53. The van der Waals surface area contributed by atoms with E-state index in [1.807, 2.05) is 25.1 Å². The fraction of sp³-hybridized carbons (Fsp3) is 0.556. The van der Waals surface area contributed by atoms with Crippen LogP contribution in [0.3, 0.4) is 0 Å². The molecule has 2 amide bonds. The highest BCUT2D eigenvalue weighted by Crippen LogP contribution is 2.44. The van der Waals surface area contributed by atoms with Gasteiger partial charge in [0.1, 0.15) is 0 Å². The van der Waals surface area contributed by atoms with Crippen LogP contribution >= 0.6 is 12.4 Å². The summed E-state index contributed by atoms with van der Waals surface area (Å²) in [5.41, 5.74) is 2.23. The predicted molar refractivity (Wildman–Crippen MR) is 98.6 cm³/mol. The van der Waals surface area contributed by atoms with E-state index in [1.165, 1.54) is 13.3 Å². The zero-order chi connectivity index (χ0) is 16.4. The zero-order valence-electron chi connectivity index (χ0n) is 14.3. The first kappa shape index (κ1) is 18.7. The summed E-state index contributed by atoms with van der Waals surface area (Å²) in [6.07, 6.45) is 4.43. The third-order valence-corrected chi connectivity index (χ3v) is 5.30. The summed E-state index contributed by atoms with van der Waals surface area (Å²) >= 11 is 0. The molecule has 1 aromatic carbocycles. The average Bonchev–Trinajstić information content (AvgIpc) is 2.95. The van der Waals surface area contributed by atoms with E-state index in [9.17, 15) is 9.59 Å². The highest BCUT2D eigenvalue weighted by Gasteiger charge is 2.49. The van der Waals surface area contributed by atoms with E-state index in [0.29, 0.717) is 11.6 Å². The maximum atomic E-state index is 13.0. The van der Waals surface area contributed by atoms with Crippen molar-refractivity contribution in [1.82, 2.24) is 5.32 Å². The Bertz CT molecular complexity index is 635. The number of fused-ring (bicyclic) bond motifs is 1. The van der Waals surface area contributed by atoms with E-state index in [-0.39, 0.29) is 29.6 Å². The molecule has 1 saturated carbocycles. The molecule has 1 aromatic rings. The molecule has 3 N–H and O–H groups in total. The van der Waals surface area contributed by atoms with Crippen LogP contribution in [0, 0.1) is 18.3 Å². The summed E-state index contributed by atoms with van der Waals surface area (Å²) in [4.78, 5) is 24.2. The van der Waals surface area contributed by atoms with Gasteiger partial charge < -0.3 is 16.0 Å². The standard InChI is InChI=1S/C18H25N3O2.ClH/c1-12-6-7-15(20-13(2)22)9-16(12)21-17(23)18-8-4-3-5-14(18)10-19-11-18;/h6-7,9,14,19H,3-5,8,10-11H2,1-2H3,(H,20,22)(H,21,23);1H/t14-,18+;/m0./s1. The molecule has 2 aliphatic rings. The maximum Gasteiger partial charge on any atom is 0.232 e. The van der Waals surface area contributed by atoms with Gasteiger partial charge in [-0.05, 0) is 49.9 Å². The van der Waals surface area contributed by atoms with E-state index in [2.05, 4.69) is 16.0 Å². The molecule has 0 spiro atoms. The average molecular weight is 352 g/mol. The zero-order valence-corrected chi connectivity index (χ0v) is 15.1. The topological polar surface area (TPSA) is 70.2 Å². The van der Waals surface area contributed by atoms with Crippen molar-refractivity contribution in [2.24, 2.45) is 11.3 Å². The largest absolute Gasteiger partial charge is 0.326 e. The van der Waals surface area contributed by atoms with E-state index in [1.54, 1.807) is 0 Å². The molecule has 0 unspecified atom stereocenters. The Balaban J connectivity index is 0.00000208. The fourth-order valence-electron chi connectivity index (χ4n) is 3.97. The molecule has 1 saturated heterocycles. The van der Waals surface area contributed by atoms with Gasteiger partial charge in [-0.2, -0.15) is 0 Å². The van der Waals surface area contributed by atoms with Crippen LogP contribution in [0.2, 0.25) is 0 Å². The van der Waals surface area contributed by atoms with Crippen LogP contribution in [0.4, 0.5) is 11.4 Å². The van der Waals surface area contributed by atoms with Crippen molar-refractivity contribution in [1.29, 1.82) is 0 Å². The van der Waals surface area contributed by atoms with Crippen LogP contribution in [-0.4, -0.2) is 24.9 Å². The molecule has 2 atom stereocenters. The lowest BCUT2D eigenvalue weighted by Gasteiger charge is -2.37. The Hall–Kier alpha value is -1.59. The lowest BCUT2D eigenvalue weighted by Crippen LogP contribution is -2.44. The van der Waals surface area contributed by atoms with Crippen molar-refractivity contribution in [2.75, 3.05) is 23.7 Å². The molecule has 1 heterocycles. The number of carbonyl (C=O) groups excluding carboxylic acids is 2. The van der Waals surface area contributed by atoms with Crippen molar-refractivity contribution in [3.8, 4) is 0 Å². The van der Waals surface area contributed by atoms with E-state index >= 15 is 0 Å². The van der Waals surface area contributed by atoms with E-state index in [0.717, 1.165) is 43.6 Å². The molecule has 132 valence electrons. The molecule has 3 rings (SSSR count). The minimum Gasteiger partial charge on any atom is -0.326 e. The van der Waals surface area contributed by atoms with Crippen LogP contribution in [0.1, 0.15) is 38.2 Å². The number of nitrogens with one attached hydrogen (secondary N) is 3. The van der Waals surface area contributed by atoms with Crippen LogP contribution in [-0.2, 0) is 9.59 Å². The molecule has 0 radical (unpaired) electrons. The molecule has 6 heteroatoms. The van der Waals surface area contributed by atoms with Gasteiger partial charge in [0.05, 0.1) is 5.41 Å². The van der Waals surface area contributed by atoms with Crippen molar-refractivity contribution >= 4 is 35.6 Å². The first-order valence-electron chi connectivity index (χ1n) is 8.42. The second-order valence-electron chi connectivity index (χ2n) is 6.89. The summed E-state index contributed by atoms with van der Waals surface area (Å²) in [5, 5.41) is 9.30. The summed E-state index contributed by atoms with van der Waals surface area (Å²) in [7, 11) is 0. The summed E-state index contributed by atoms with van der Waals surface area (Å²) in [6, 6.07) is 5.61. The normalized spacial score (nSPS) is 25.3. The number of amides is 2. The van der Waals surface area contributed by atoms with Gasteiger partial charge in [0, 0.05) is 24.8 Å². The number of aryl methyl sites for hydroxylation is 1. The smallest absolute Gasteiger partial charge is 0.232 e. The van der Waals surface area contributed by atoms with Crippen molar-refractivity contribution in [3.05, 3.63) is 23.8 Å². The Morgan fingerprint density at radius 2 is 2.04 bits per heavy atom. The van der Waals surface area contributed by atoms with Crippen molar-refractivity contribution < 1.29 is 9.59 Å². The number of hydrogen-bond acceptors (Lipinski definition) is 3. The maximum absolute atomic E-state index is 13.0. The molecule has 5 nitrogen and oxygen atoms in total. The number of benzene rings is 1. The van der Waals surface area contributed by atoms with Gasteiger partial charge in [-0.15, -0.1) is 12.4 Å². The fourth-order valence-corrected chi connectivity index (χ4v) is 3.97. The summed E-state index contributed by atoms with van der Waals surface area (Å²) < 4.78 is 0. The molecule has 24 heavy (non-hydrogen) atoms. The first-order valence-corrected chi connectivity index (χ1v) is 8.42. The minimum atomic E-state index is -0.269. The van der Waals surface area contributed by atoms with Crippen LogP contribution in [0.15, 0.2) is 18.2 Å². The minimum absolute atomic E-state index is 0. The van der Waals surface area contributed by atoms with Crippen molar-refractivity contribution in [3.63, 3.8) is 0 Å². The summed E-state index contributed by atoms with van der Waals surface area (Å²) in [6.45, 7) is 5.16. The molecular weight excluding hydrogens is 326 g/mol. The number of halogens is 1. The second-order valence-corrected chi connectivity index (χ2v) is 6.89. The van der Waals surface area contributed by atoms with Gasteiger partial charge in [0.15, 0.2) is 0 Å². The highest BCUT2D eigenvalue weighted by atomic mass is 35.5. The van der Waals surface area contributed by atoms with Crippen molar-refractivity contribution in [2.45, 2.75) is 39.5 Å². The summed E-state index contributed by atoms with van der Waals surface area (Å²) in [5.74, 6) is 0.447. The lowest BCUT2D eigenvalue weighted by molar-refractivity contribution is -0.128. The Labute approximate surface area is 149 Å². The van der Waals surface area contributed by atoms with Gasteiger partial charge in [-0.3, -0.25) is 9.59 Å². The van der Waals surface area contributed by atoms with Gasteiger partial charge in [-0.25, -0.2) is 0 Å². The van der Waals surface area contributed by atoms with Gasteiger partial charge >= 0.3 is 0 Å². The Morgan fingerprint density at radius 3 is 2.79 bits per heavy atom. The number of anilines is 2. The van der Waals surface area contributed by atoms with E-state index in [4.69, 9.17) is 0 Å². The van der Waals surface area contributed by atoms with Gasteiger partial charge in [-0.1, -0.05) is 18.9 Å². The van der Waals surface area contributed by atoms with Crippen LogP contribution < -0.4 is 16.0 Å². The molecule has 1 aliphatic carbocycles. The number of hydrogen-bond donors (Lipinski definition) is 3. The van der Waals surface area contributed by atoms with Crippen LogP contribution in [0.5, 0.6) is 0 Å². The predicted octanol–water partition coefficient (Wildman–Crippen LogP) is 3.09. The number of rotatable bonds is 3. The highest BCUT2D eigenvalue weighted by molar-refractivity contribution is 5.98. The molecule has 0 aromatic heterocycles. The molecular formula is C18H26ClN3O2. The third-order valence-electron chi connectivity index (χ3n) is 5.30. The number of carbonyl (C=O) groups is 2. The van der Waals surface area contributed by atoms with Gasteiger partial charge in [0.2, 0.25) is 11.8 Å². The molecule has 2 fully saturated rings. The van der Waals surface area contributed by atoms with E-state index < -0.39 is 0 Å². The van der Waals surface area contributed by atoms with Crippen LogP contribution in [0.25, 0.3) is 0 Å². The SMILES string of the molecule is CC(=O)Nc1ccc(C)c(NC(=O)[C@@]23CCCC[C@H]2CNC3)c1.Cl. The third kappa shape index (κ3) is 3.57.